The number of nitrogens with one attached hydrogen (secondary N) is 1. The van der Waals surface area contributed by atoms with Gasteiger partial charge in [0.15, 0.2) is 0 Å². The summed E-state index contributed by atoms with van der Waals surface area (Å²) in [4.78, 5) is 13.5. The molecule has 4 nitrogen and oxygen atoms in total. The Morgan fingerprint density at radius 2 is 2.06 bits per heavy atom. The fourth-order valence-corrected chi connectivity index (χ4v) is 1.96. The number of hydrogen-bond acceptors (Lipinski definition) is 3. The molecule has 0 saturated carbocycles. The Hall–Kier alpha value is -0.320. The lowest BCUT2D eigenvalue weighted by Crippen LogP contribution is -2.31. The number of halogens is 1. The van der Waals surface area contributed by atoms with E-state index in [-0.39, 0.29) is 18.3 Å². The molecule has 102 valence electrons. The van der Waals surface area contributed by atoms with Crippen molar-refractivity contribution < 1.29 is 9.53 Å². The first-order chi connectivity index (χ1) is 7.74. The summed E-state index contributed by atoms with van der Waals surface area (Å²) in [7, 11) is 3.77. The Bertz CT molecular complexity index is 209. The summed E-state index contributed by atoms with van der Waals surface area (Å²) < 4.78 is 5.32. The maximum Gasteiger partial charge on any atom is 0.223 e. The van der Waals surface area contributed by atoms with Crippen LogP contribution in [-0.2, 0) is 9.53 Å². The van der Waals surface area contributed by atoms with E-state index in [4.69, 9.17) is 4.74 Å². The van der Waals surface area contributed by atoms with Crippen molar-refractivity contribution in [2.45, 2.75) is 25.7 Å². The van der Waals surface area contributed by atoms with Crippen molar-refractivity contribution in [2.24, 2.45) is 5.92 Å². The van der Waals surface area contributed by atoms with Crippen LogP contribution in [0.25, 0.3) is 0 Å². The largest absolute Gasteiger partial charge is 0.381 e. The number of hydrogen-bond donors (Lipinski definition) is 1. The summed E-state index contributed by atoms with van der Waals surface area (Å²) >= 11 is 0. The molecule has 0 radical (unpaired) electrons. The smallest absolute Gasteiger partial charge is 0.223 e. The van der Waals surface area contributed by atoms with Gasteiger partial charge in [0.05, 0.1) is 0 Å². The molecule has 1 heterocycles. The van der Waals surface area contributed by atoms with E-state index >= 15 is 0 Å². The van der Waals surface area contributed by atoms with Crippen LogP contribution < -0.4 is 5.32 Å². The summed E-state index contributed by atoms with van der Waals surface area (Å²) in [6, 6.07) is 0. The molecule has 1 aliphatic heterocycles. The van der Waals surface area contributed by atoms with Crippen molar-refractivity contribution in [2.75, 3.05) is 40.4 Å². The van der Waals surface area contributed by atoms with Gasteiger partial charge in [0, 0.05) is 39.8 Å². The van der Waals surface area contributed by atoms with Crippen LogP contribution in [-0.4, -0.2) is 51.2 Å². The molecule has 0 aromatic rings. The molecular weight excluding hydrogens is 240 g/mol. The number of amides is 1. The molecule has 1 N–H and O–H groups in total. The monoisotopic (exact) mass is 264 g/mol. The molecule has 1 rings (SSSR count). The van der Waals surface area contributed by atoms with Crippen molar-refractivity contribution in [3.05, 3.63) is 0 Å². The third kappa shape index (κ3) is 6.86. The first-order valence-corrected chi connectivity index (χ1v) is 6.20. The Balaban J connectivity index is 0.00000256. The summed E-state index contributed by atoms with van der Waals surface area (Å²) in [5, 5.41) is 2.99. The van der Waals surface area contributed by atoms with Crippen molar-refractivity contribution in [3.8, 4) is 0 Å². The topological polar surface area (TPSA) is 41.6 Å². The predicted octanol–water partition coefficient (Wildman–Crippen LogP) is 1.29. The molecule has 5 heteroatoms. The van der Waals surface area contributed by atoms with Crippen LogP contribution >= 0.6 is 12.4 Å². The Morgan fingerprint density at radius 3 is 2.65 bits per heavy atom. The first-order valence-electron chi connectivity index (χ1n) is 6.20. The molecule has 17 heavy (non-hydrogen) atoms. The Labute approximate surface area is 110 Å². The maximum atomic E-state index is 11.6. The van der Waals surface area contributed by atoms with Gasteiger partial charge in [-0.15, -0.1) is 12.4 Å². The zero-order valence-electron chi connectivity index (χ0n) is 10.9. The van der Waals surface area contributed by atoms with Crippen LogP contribution in [0.3, 0.4) is 0 Å². The highest BCUT2D eigenvalue weighted by Crippen LogP contribution is 2.18. The van der Waals surface area contributed by atoms with Gasteiger partial charge >= 0.3 is 0 Å². The van der Waals surface area contributed by atoms with Crippen LogP contribution in [0.4, 0.5) is 0 Å². The van der Waals surface area contributed by atoms with Crippen molar-refractivity contribution in [3.63, 3.8) is 0 Å². The van der Waals surface area contributed by atoms with Crippen molar-refractivity contribution >= 4 is 18.3 Å². The molecule has 0 spiro atoms. The Morgan fingerprint density at radius 1 is 1.41 bits per heavy atom. The van der Waals surface area contributed by atoms with Gasteiger partial charge in [0.2, 0.25) is 5.91 Å². The number of carbonyl (C=O) groups is 1. The summed E-state index contributed by atoms with van der Waals surface area (Å²) in [6.45, 7) is 3.43. The molecule has 1 aliphatic rings. The maximum absolute atomic E-state index is 11.6. The number of nitrogens with zero attached hydrogens (tertiary/aromatic N) is 1. The van der Waals surface area contributed by atoms with Crippen LogP contribution in [0.15, 0.2) is 0 Å². The highest BCUT2D eigenvalue weighted by atomic mass is 35.5. The summed E-state index contributed by atoms with van der Waals surface area (Å²) in [6.07, 6.45) is 4.02. The van der Waals surface area contributed by atoms with Gasteiger partial charge in [0.1, 0.15) is 0 Å². The summed E-state index contributed by atoms with van der Waals surface area (Å²) in [5.41, 5.74) is 0. The van der Waals surface area contributed by atoms with E-state index in [2.05, 4.69) is 5.32 Å². The van der Waals surface area contributed by atoms with Gasteiger partial charge in [-0.3, -0.25) is 4.79 Å². The molecule has 1 fully saturated rings. The fraction of sp³-hybridized carbons (Fsp3) is 0.917. The van der Waals surface area contributed by atoms with E-state index in [0.717, 1.165) is 51.5 Å². The van der Waals surface area contributed by atoms with E-state index in [1.165, 1.54) is 0 Å². The van der Waals surface area contributed by atoms with E-state index in [0.29, 0.717) is 6.42 Å². The molecule has 0 aromatic carbocycles. The average Bonchev–Trinajstić information content (AvgIpc) is 2.34. The lowest BCUT2D eigenvalue weighted by atomic mass is 9.96. The second-order valence-corrected chi connectivity index (χ2v) is 4.51. The zero-order valence-corrected chi connectivity index (χ0v) is 11.7. The molecule has 0 bridgehead atoms. The zero-order chi connectivity index (χ0) is 11.8. The SMILES string of the molecule is CNCCC(=O)N(C)CCC1CCOCC1.Cl. The van der Waals surface area contributed by atoms with Gasteiger partial charge in [-0.05, 0) is 32.2 Å². The first kappa shape index (κ1) is 16.7. The molecule has 0 atom stereocenters. The third-order valence-corrected chi connectivity index (χ3v) is 3.23. The second-order valence-electron chi connectivity index (χ2n) is 4.51. The Kier molecular flexibility index (Phi) is 9.50. The molecule has 1 saturated heterocycles. The standard InChI is InChI=1S/C12H24N2O2.ClH/c1-13-7-3-12(15)14(2)8-4-11-5-9-16-10-6-11;/h11,13H,3-10H2,1-2H3;1H. The highest BCUT2D eigenvalue weighted by Gasteiger charge is 2.15. The lowest BCUT2D eigenvalue weighted by Gasteiger charge is -2.24. The summed E-state index contributed by atoms with van der Waals surface area (Å²) in [5.74, 6) is 0.981. The lowest BCUT2D eigenvalue weighted by molar-refractivity contribution is -0.130. The number of ether oxygens (including phenoxy) is 1. The van der Waals surface area contributed by atoms with E-state index in [1.54, 1.807) is 0 Å². The van der Waals surface area contributed by atoms with Gasteiger partial charge in [-0.2, -0.15) is 0 Å². The highest BCUT2D eigenvalue weighted by molar-refractivity contribution is 5.85. The predicted molar refractivity (Wildman–Crippen MR) is 71.6 cm³/mol. The number of carbonyl (C=O) groups excluding carboxylic acids is 1. The second kappa shape index (κ2) is 9.68. The van der Waals surface area contributed by atoms with Gasteiger partial charge in [-0.25, -0.2) is 0 Å². The van der Waals surface area contributed by atoms with Crippen LogP contribution in [0, 0.1) is 5.92 Å². The van der Waals surface area contributed by atoms with E-state index in [9.17, 15) is 4.79 Å². The normalized spacial score (nSPS) is 16.4. The third-order valence-electron chi connectivity index (χ3n) is 3.23. The molecule has 1 amide bonds. The molecule has 0 aromatic heterocycles. The number of rotatable bonds is 6. The molecular formula is C12H25ClN2O2. The quantitative estimate of drug-likeness (QED) is 0.786. The van der Waals surface area contributed by atoms with Crippen molar-refractivity contribution in [1.82, 2.24) is 10.2 Å². The van der Waals surface area contributed by atoms with Crippen LogP contribution in [0.5, 0.6) is 0 Å². The molecule has 0 aliphatic carbocycles. The van der Waals surface area contributed by atoms with Crippen LogP contribution in [0.2, 0.25) is 0 Å². The minimum atomic E-state index is 0. The van der Waals surface area contributed by atoms with E-state index < -0.39 is 0 Å². The average molecular weight is 265 g/mol. The fourth-order valence-electron chi connectivity index (χ4n) is 1.96. The van der Waals surface area contributed by atoms with Gasteiger partial charge < -0.3 is 15.0 Å². The van der Waals surface area contributed by atoms with E-state index in [1.807, 2.05) is 19.0 Å². The van der Waals surface area contributed by atoms with Gasteiger partial charge in [-0.1, -0.05) is 0 Å². The van der Waals surface area contributed by atoms with Crippen molar-refractivity contribution in [1.29, 1.82) is 0 Å². The minimum Gasteiger partial charge on any atom is -0.381 e. The minimum absolute atomic E-state index is 0. The van der Waals surface area contributed by atoms with Crippen LogP contribution in [0.1, 0.15) is 25.7 Å². The molecule has 0 unspecified atom stereocenters. The van der Waals surface area contributed by atoms with Gasteiger partial charge in [0.25, 0.3) is 0 Å².